The van der Waals surface area contributed by atoms with E-state index in [1.54, 1.807) is 0 Å². The van der Waals surface area contributed by atoms with Crippen molar-refractivity contribution < 1.29 is 22.8 Å². The maximum atomic E-state index is 12.5. The highest BCUT2D eigenvalue weighted by Crippen LogP contribution is 2.30. The van der Waals surface area contributed by atoms with E-state index in [2.05, 4.69) is 5.32 Å². The molecule has 1 heterocycles. The van der Waals surface area contributed by atoms with Crippen molar-refractivity contribution in [2.75, 3.05) is 24.2 Å². The molecule has 4 nitrogen and oxygen atoms in total. The number of hydrogen-bond acceptors (Lipinski definition) is 3. The number of nitrogens with one attached hydrogen (secondary N) is 1. The molecule has 1 aliphatic rings. The van der Waals surface area contributed by atoms with Gasteiger partial charge in [0.1, 0.15) is 6.54 Å². The Bertz CT molecular complexity index is 534. The Hall–Kier alpha value is -1.70. The molecule has 1 aromatic rings. The second-order valence-corrected chi connectivity index (χ2v) is 5.21. The third-order valence-electron chi connectivity index (χ3n) is 2.65. The molecule has 1 fully saturated rings. The molecule has 0 aliphatic carbocycles. The standard InChI is InChI=1S/C12H11F3N2O2S/c13-12(14,15)8-2-1-3-9(6-8)16-10(18)7-17-4-5-20-11(17)19/h1-3,6H,4-5,7H2,(H,16,18). The summed E-state index contributed by atoms with van der Waals surface area (Å²) in [5.74, 6) is 0.107. The zero-order chi connectivity index (χ0) is 14.8. The fourth-order valence-electron chi connectivity index (χ4n) is 1.72. The molecule has 0 radical (unpaired) electrons. The largest absolute Gasteiger partial charge is 0.416 e. The summed E-state index contributed by atoms with van der Waals surface area (Å²) in [5, 5.41) is 2.17. The van der Waals surface area contributed by atoms with Crippen LogP contribution in [0.25, 0.3) is 0 Å². The molecule has 2 amide bonds. The quantitative estimate of drug-likeness (QED) is 0.934. The number of benzene rings is 1. The number of thioether (sulfide) groups is 1. The van der Waals surface area contributed by atoms with Crippen molar-refractivity contribution in [2.45, 2.75) is 6.18 Å². The zero-order valence-corrected chi connectivity index (χ0v) is 11.1. The van der Waals surface area contributed by atoms with E-state index in [0.717, 1.165) is 23.9 Å². The number of alkyl halides is 3. The third-order valence-corrected chi connectivity index (χ3v) is 3.54. The van der Waals surface area contributed by atoms with Gasteiger partial charge >= 0.3 is 6.18 Å². The Labute approximate surface area is 117 Å². The lowest BCUT2D eigenvalue weighted by atomic mass is 10.2. The summed E-state index contributed by atoms with van der Waals surface area (Å²) in [7, 11) is 0. The van der Waals surface area contributed by atoms with Crippen LogP contribution >= 0.6 is 11.8 Å². The summed E-state index contributed by atoms with van der Waals surface area (Å²) in [6, 6.07) is 4.37. The van der Waals surface area contributed by atoms with Crippen LogP contribution in [-0.4, -0.2) is 34.9 Å². The molecule has 1 aliphatic heterocycles. The number of carbonyl (C=O) groups excluding carboxylic acids is 2. The molecule has 2 rings (SSSR count). The van der Waals surface area contributed by atoms with Crippen LogP contribution in [0.15, 0.2) is 24.3 Å². The molecule has 0 atom stereocenters. The predicted octanol–water partition coefficient (Wildman–Crippen LogP) is 2.81. The second kappa shape index (κ2) is 5.74. The minimum Gasteiger partial charge on any atom is -0.325 e. The van der Waals surface area contributed by atoms with Crippen LogP contribution < -0.4 is 5.32 Å². The number of carbonyl (C=O) groups is 2. The predicted molar refractivity (Wildman–Crippen MR) is 69.5 cm³/mol. The monoisotopic (exact) mass is 304 g/mol. The summed E-state index contributed by atoms with van der Waals surface area (Å²) >= 11 is 1.12. The number of rotatable bonds is 3. The van der Waals surface area contributed by atoms with Gasteiger partial charge in [-0.25, -0.2) is 0 Å². The van der Waals surface area contributed by atoms with E-state index in [1.807, 2.05) is 0 Å². The van der Waals surface area contributed by atoms with Crippen LogP contribution in [0, 0.1) is 0 Å². The molecule has 0 unspecified atom stereocenters. The van der Waals surface area contributed by atoms with Gasteiger partial charge in [-0.15, -0.1) is 0 Å². The molecule has 0 bridgehead atoms. The van der Waals surface area contributed by atoms with Gasteiger partial charge in [-0.1, -0.05) is 17.8 Å². The number of halogens is 3. The number of hydrogen-bond donors (Lipinski definition) is 1. The lowest BCUT2D eigenvalue weighted by Crippen LogP contribution is -2.33. The first kappa shape index (κ1) is 14.7. The van der Waals surface area contributed by atoms with Crippen molar-refractivity contribution >= 4 is 28.6 Å². The highest BCUT2D eigenvalue weighted by Gasteiger charge is 2.30. The first-order valence-electron chi connectivity index (χ1n) is 5.75. The van der Waals surface area contributed by atoms with E-state index in [1.165, 1.54) is 17.0 Å². The van der Waals surface area contributed by atoms with Crippen LogP contribution in [0.5, 0.6) is 0 Å². The Balaban J connectivity index is 1.99. The van der Waals surface area contributed by atoms with Crippen LogP contribution in [0.2, 0.25) is 0 Å². The van der Waals surface area contributed by atoms with Crippen molar-refractivity contribution in [1.29, 1.82) is 0 Å². The van der Waals surface area contributed by atoms with E-state index < -0.39 is 17.6 Å². The first-order valence-corrected chi connectivity index (χ1v) is 6.73. The number of amides is 2. The number of anilines is 1. The average Bonchev–Trinajstić information content (AvgIpc) is 2.74. The summed E-state index contributed by atoms with van der Waals surface area (Å²) in [6.45, 7) is 0.321. The molecule has 0 spiro atoms. The van der Waals surface area contributed by atoms with Gasteiger partial charge in [0.05, 0.1) is 5.56 Å². The van der Waals surface area contributed by atoms with Crippen molar-refractivity contribution in [3.63, 3.8) is 0 Å². The normalized spacial score (nSPS) is 15.6. The molecule has 1 N–H and O–H groups in total. The zero-order valence-electron chi connectivity index (χ0n) is 10.2. The van der Waals surface area contributed by atoms with Crippen molar-refractivity contribution in [1.82, 2.24) is 4.90 Å². The molecule has 1 saturated heterocycles. The first-order chi connectivity index (χ1) is 9.36. The van der Waals surface area contributed by atoms with E-state index in [9.17, 15) is 22.8 Å². The average molecular weight is 304 g/mol. The van der Waals surface area contributed by atoms with E-state index >= 15 is 0 Å². The lowest BCUT2D eigenvalue weighted by molar-refractivity contribution is -0.137. The summed E-state index contributed by atoms with van der Waals surface area (Å²) in [6.07, 6.45) is -4.46. The van der Waals surface area contributed by atoms with Gasteiger partial charge in [0.2, 0.25) is 5.91 Å². The Morgan fingerprint density at radius 3 is 2.75 bits per heavy atom. The molecule has 0 aromatic heterocycles. The van der Waals surface area contributed by atoms with Gasteiger partial charge < -0.3 is 10.2 Å². The molecular formula is C12H11F3N2O2S. The molecular weight excluding hydrogens is 293 g/mol. The Morgan fingerprint density at radius 1 is 1.40 bits per heavy atom. The smallest absolute Gasteiger partial charge is 0.325 e. The fraction of sp³-hybridized carbons (Fsp3) is 0.333. The Morgan fingerprint density at radius 2 is 2.15 bits per heavy atom. The highest BCUT2D eigenvalue weighted by atomic mass is 32.2. The minimum atomic E-state index is -4.46. The van der Waals surface area contributed by atoms with Gasteiger partial charge in [0.25, 0.3) is 5.24 Å². The van der Waals surface area contributed by atoms with Gasteiger partial charge in [0.15, 0.2) is 0 Å². The maximum absolute atomic E-state index is 12.5. The molecule has 108 valence electrons. The molecule has 20 heavy (non-hydrogen) atoms. The van der Waals surface area contributed by atoms with Crippen LogP contribution in [0.4, 0.5) is 23.7 Å². The van der Waals surface area contributed by atoms with Gasteiger partial charge in [0, 0.05) is 18.0 Å². The van der Waals surface area contributed by atoms with E-state index in [-0.39, 0.29) is 17.5 Å². The van der Waals surface area contributed by atoms with Gasteiger partial charge in [-0.2, -0.15) is 13.2 Å². The number of nitrogens with zero attached hydrogens (tertiary/aromatic N) is 1. The summed E-state index contributed by atoms with van der Waals surface area (Å²) in [5.41, 5.74) is -0.771. The second-order valence-electron chi connectivity index (χ2n) is 4.16. The molecule has 8 heteroatoms. The topological polar surface area (TPSA) is 49.4 Å². The van der Waals surface area contributed by atoms with E-state index in [0.29, 0.717) is 12.3 Å². The van der Waals surface area contributed by atoms with Gasteiger partial charge in [-0.05, 0) is 18.2 Å². The third kappa shape index (κ3) is 3.66. The minimum absolute atomic E-state index is 0.0594. The SMILES string of the molecule is O=C(CN1CCSC1=O)Nc1cccc(C(F)(F)F)c1. The van der Waals surface area contributed by atoms with Crippen LogP contribution in [-0.2, 0) is 11.0 Å². The van der Waals surface area contributed by atoms with Gasteiger partial charge in [-0.3, -0.25) is 9.59 Å². The van der Waals surface area contributed by atoms with Crippen molar-refractivity contribution in [3.8, 4) is 0 Å². The molecule has 1 aromatic carbocycles. The van der Waals surface area contributed by atoms with Crippen molar-refractivity contribution in [2.24, 2.45) is 0 Å². The van der Waals surface area contributed by atoms with Crippen LogP contribution in [0.1, 0.15) is 5.56 Å². The van der Waals surface area contributed by atoms with E-state index in [4.69, 9.17) is 0 Å². The lowest BCUT2D eigenvalue weighted by Gasteiger charge is -2.14. The fourth-order valence-corrected chi connectivity index (χ4v) is 2.54. The van der Waals surface area contributed by atoms with Crippen molar-refractivity contribution in [3.05, 3.63) is 29.8 Å². The summed E-state index contributed by atoms with van der Waals surface area (Å²) < 4.78 is 37.5. The summed E-state index contributed by atoms with van der Waals surface area (Å²) in [4.78, 5) is 24.3. The van der Waals surface area contributed by atoms with Crippen LogP contribution in [0.3, 0.4) is 0 Å². The Kier molecular flexibility index (Phi) is 4.22. The molecule has 0 saturated carbocycles. The highest BCUT2D eigenvalue weighted by molar-refractivity contribution is 8.13. The maximum Gasteiger partial charge on any atom is 0.416 e.